The van der Waals surface area contributed by atoms with Gasteiger partial charge in [-0.1, -0.05) is 13.3 Å². The molecule has 0 aromatic carbocycles. The summed E-state index contributed by atoms with van der Waals surface area (Å²) in [7, 11) is 0. The molecule has 0 aromatic rings. The molecule has 0 spiro atoms. The van der Waals surface area contributed by atoms with Gasteiger partial charge in [-0.15, -0.1) is 0 Å². The van der Waals surface area contributed by atoms with Gasteiger partial charge in [0.2, 0.25) is 0 Å². The third-order valence-corrected chi connectivity index (χ3v) is 3.03. The number of carboxylic acid groups (broad SMARTS) is 1. The monoisotopic (exact) mass is 258 g/mol. The van der Waals surface area contributed by atoms with Crippen molar-refractivity contribution in [3.63, 3.8) is 0 Å². The van der Waals surface area contributed by atoms with E-state index in [1.54, 1.807) is 0 Å². The molecule has 1 fully saturated rings. The summed E-state index contributed by atoms with van der Waals surface area (Å²) in [6.07, 6.45) is 2.87. The first-order valence-electron chi connectivity index (χ1n) is 6.36. The van der Waals surface area contributed by atoms with E-state index in [-0.39, 0.29) is 0 Å². The van der Waals surface area contributed by atoms with Crippen LogP contribution in [0.3, 0.4) is 0 Å². The number of carbonyl (C=O) groups excluding carboxylic acids is 1. The van der Waals surface area contributed by atoms with Crippen molar-refractivity contribution < 1.29 is 19.4 Å². The topological polar surface area (TPSA) is 87.7 Å². The smallest absolute Gasteiger partial charge is 0.326 e. The van der Waals surface area contributed by atoms with E-state index in [2.05, 4.69) is 10.6 Å². The quantitative estimate of drug-likeness (QED) is 0.689. The van der Waals surface area contributed by atoms with Crippen molar-refractivity contribution in [3.8, 4) is 0 Å². The summed E-state index contributed by atoms with van der Waals surface area (Å²) in [5, 5.41) is 14.2. The maximum absolute atomic E-state index is 11.8. The van der Waals surface area contributed by atoms with Gasteiger partial charge in [-0.25, -0.2) is 9.59 Å². The van der Waals surface area contributed by atoms with Crippen LogP contribution in [0.15, 0.2) is 0 Å². The molecule has 1 heterocycles. The highest BCUT2D eigenvalue weighted by Gasteiger charge is 2.30. The summed E-state index contributed by atoms with van der Waals surface area (Å²) in [5.41, 5.74) is -0.405. The Morgan fingerprint density at radius 3 is 2.72 bits per heavy atom. The van der Waals surface area contributed by atoms with Crippen LogP contribution in [-0.4, -0.2) is 41.9 Å². The summed E-state index contributed by atoms with van der Waals surface area (Å²) >= 11 is 0. The first-order valence-corrected chi connectivity index (χ1v) is 6.36. The molecule has 1 aliphatic rings. The minimum absolute atomic E-state index is 0.405. The largest absolute Gasteiger partial charge is 0.480 e. The third-order valence-electron chi connectivity index (χ3n) is 3.03. The minimum atomic E-state index is -1.00. The number of aliphatic carboxylic acids is 1. The lowest BCUT2D eigenvalue weighted by Crippen LogP contribution is -2.57. The van der Waals surface area contributed by atoms with Crippen LogP contribution in [0.25, 0.3) is 0 Å². The van der Waals surface area contributed by atoms with Crippen molar-refractivity contribution in [2.45, 2.75) is 51.1 Å². The molecule has 0 aliphatic carbocycles. The van der Waals surface area contributed by atoms with Crippen LogP contribution in [0.1, 0.15) is 39.5 Å². The lowest BCUT2D eigenvalue weighted by Gasteiger charge is -2.34. The Hall–Kier alpha value is -1.30. The highest BCUT2D eigenvalue weighted by Crippen LogP contribution is 2.17. The maximum atomic E-state index is 11.8. The van der Waals surface area contributed by atoms with Gasteiger partial charge in [0.1, 0.15) is 6.04 Å². The maximum Gasteiger partial charge on any atom is 0.326 e. The van der Waals surface area contributed by atoms with Gasteiger partial charge in [-0.2, -0.15) is 0 Å². The number of rotatable bonds is 5. The van der Waals surface area contributed by atoms with Gasteiger partial charge in [0.05, 0.1) is 12.1 Å². The molecule has 3 N–H and O–H groups in total. The van der Waals surface area contributed by atoms with Crippen molar-refractivity contribution in [3.05, 3.63) is 0 Å². The van der Waals surface area contributed by atoms with Gasteiger partial charge in [-0.3, -0.25) is 0 Å². The van der Waals surface area contributed by atoms with E-state index in [0.29, 0.717) is 26.1 Å². The second-order valence-electron chi connectivity index (χ2n) is 4.99. The molecule has 6 nitrogen and oxygen atoms in total. The predicted molar refractivity (Wildman–Crippen MR) is 66.5 cm³/mol. The van der Waals surface area contributed by atoms with Gasteiger partial charge < -0.3 is 20.5 Å². The standard InChI is InChI=1S/C12H22N2O4/c1-3-5-9(10(15)16)13-11(17)14-12(2)6-4-7-18-8-12/h9H,3-8H2,1-2H3,(H,15,16)(H2,13,14,17). The zero-order valence-electron chi connectivity index (χ0n) is 11.0. The van der Waals surface area contributed by atoms with Gasteiger partial charge in [0.15, 0.2) is 0 Å². The van der Waals surface area contributed by atoms with E-state index in [1.165, 1.54) is 0 Å². The molecule has 2 unspecified atom stereocenters. The van der Waals surface area contributed by atoms with Crippen LogP contribution in [0, 0.1) is 0 Å². The number of ether oxygens (including phenoxy) is 1. The minimum Gasteiger partial charge on any atom is -0.480 e. The van der Waals surface area contributed by atoms with Gasteiger partial charge in [0.25, 0.3) is 0 Å². The molecule has 0 radical (unpaired) electrons. The summed E-state index contributed by atoms with van der Waals surface area (Å²) in [5.74, 6) is -1.00. The number of hydrogen-bond acceptors (Lipinski definition) is 3. The molecule has 104 valence electrons. The number of hydrogen-bond donors (Lipinski definition) is 3. The normalized spacial score (nSPS) is 25.2. The zero-order valence-corrected chi connectivity index (χ0v) is 11.0. The fourth-order valence-electron chi connectivity index (χ4n) is 2.05. The van der Waals surface area contributed by atoms with E-state index in [9.17, 15) is 9.59 Å². The van der Waals surface area contributed by atoms with Gasteiger partial charge >= 0.3 is 12.0 Å². The van der Waals surface area contributed by atoms with Crippen LogP contribution < -0.4 is 10.6 Å². The summed E-state index contributed by atoms with van der Waals surface area (Å²) in [6.45, 7) is 4.96. The lowest BCUT2D eigenvalue weighted by molar-refractivity contribution is -0.139. The summed E-state index contributed by atoms with van der Waals surface area (Å²) < 4.78 is 5.33. The number of nitrogens with one attached hydrogen (secondary N) is 2. The van der Waals surface area contributed by atoms with Crippen LogP contribution in [-0.2, 0) is 9.53 Å². The van der Waals surface area contributed by atoms with E-state index in [0.717, 1.165) is 12.8 Å². The van der Waals surface area contributed by atoms with E-state index in [1.807, 2.05) is 13.8 Å². The van der Waals surface area contributed by atoms with Crippen molar-refractivity contribution in [2.75, 3.05) is 13.2 Å². The molecule has 6 heteroatoms. The number of urea groups is 1. The Morgan fingerprint density at radius 2 is 2.22 bits per heavy atom. The molecular formula is C12H22N2O4. The SMILES string of the molecule is CCCC(NC(=O)NC1(C)CCCOC1)C(=O)O. The lowest BCUT2D eigenvalue weighted by atomic mass is 9.95. The van der Waals surface area contributed by atoms with Crippen LogP contribution in [0.4, 0.5) is 4.79 Å². The first kappa shape index (κ1) is 14.8. The first-order chi connectivity index (χ1) is 8.47. The van der Waals surface area contributed by atoms with Crippen molar-refractivity contribution in [1.29, 1.82) is 0 Å². The summed E-state index contributed by atoms with van der Waals surface area (Å²) in [6, 6.07) is -1.27. The fourth-order valence-corrected chi connectivity index (χ4v) is 2.05. The second-order valence-corrected chi connectivity index (χ2v) is 4.99. The predicted octanol–water partition coefficient (Wildman–Crippen LogP) is 1.11. The Bertz CT molecular complexity index is 300. The average Bonchev–Trinajstić information content (AvgIpc) is 2.28. The number of carbonyl (C=O) groups is 2. The molecule has 1 rings (SSSR count). The van der Waals surface area contributed by atoms with Gasteiger partial charge in [0, 0.05) is 6.61 Å². The Morgan fingerprint density at radius 1 is 1.50 bits per heavy atom. The van der Waals surface area contributed by atoms with Crippen LogP contribution in [0.2, 0.25) is 0 Å². The molecule has 2 amide bonds. The molecule has 2 atom stereocenters. The number of amides is 2. The number of carboxylic acids is 1. The van der Waals surface area contributed by atoms with Crippen molar-refractivity contribution >= 4 is 12.0 Å². The van der Waals surface area contributed by atoms with Crippen LogP contribution >= 0.6 is 0 Å². The molecular weight excluding hydrogens is 236 g/mol. The Kier molecular flexibility index (Phi) is 5.40. The van der Waals surface area contributed by atoms with E-state index >= 15 is 0 Å². The van der Waals surface area contributed by atoms with Gasteiger partial charge in [-0.05, 0) is 26.2 Å². The fraction of sp³-hybridized carbons (Fsp3) is 0.833. The third kappa shape index (κ3) is 4.52. The van der Waals surface area contributed by atoms with Crippen molar-refractivity contribution in [1.82, 2.24) is 10.6 Å². The Balaban J connectivity index is 2.46. The molecule has 18 heavy (non-hydrogen) atoms. The Labute approximate surface area is 107 Å². The molecule has 1 aliphatic heterocycles. The molecule has 1 saturated heterocycles. The molecule has 0 aromatic heterocycles. The highest BCUT2D eigenvalue weighted by atomic mass is 16.5. The molecule has 0 bridgehead atoms. The van der Waals surface area contributed by atoms with E-state index < -0.39 is 23.6 Å². The van der Waals surface area contributed by atoms with E-state index in [4.69, 9.17) is 9.84 Å². The van der Waals surface area contributed by atoms with Crippen molar-refractivity contribution in [2.24, 2.45) is 0 Å². The average molecular weight is 258 g/mol. The second kappa shape index (κ2) is 6.58. The zero-order chi connectivity index (χ0) is 13.6. The molecule has 0 saturated carbocycles. The van der Waals surface area contributed by atoms with Crippen LogP contribution in [0.5, 0.6) is 0 Å². The summed E-state index contributed by atoms with van der Waals surface area (Å²) in [4.78, 5) is 22.7. The highest BCUT2D eigenvalue weighted by molar-refractivity contribution is 5.82.